The summed E-state index contributed by atoms with van der Waals surface area (Å²) in [6.07, 6.45) is 5.54. The lowest BCUT2D eigenvalue weighted by Crippen LogP contribution is -2.42. The number of carbonyl (C=O) groups is 1. The van der Waals surface area contributed by atoms with Crippen molar-refractivity contribution in [2.75, 3.05) is 0 Å². The Morgan fingerprint density at radius 3 is 3.00 bits per heavy atom. The third-order valence-electron chi connectivity index (χ3n) is 2.64. The van der Waals surface area contributed by atoms with Gasteiger partial charge in [0, 0.05) is 12.1 Å². The van der Waals surface area contributed by atoms with E-state index in [0.717, 1.165) is 37.2 Å². The van der Waals surface area contributed by atoms with Crippen LogP contribution in [0.3, 0.4) is 0 Å². The van der Waals surface area contributed by atoms with Crippen molar-refractivity contribution in [1.29, 1.82) is 0 Å². The maximum Gasteiger partial charge on any atom is 0.264 e. The van der Waals surface area contributed by atoms with E-state index in [2.05, 4.69) is 14.9 Å². The van der Waals surface area contributed by atoms with Crippen LogP contribution in [0.4, 0.5) is 0 Å². The van der Waals surface area contributed by atoms with Gasteiger partial charge in [-0.3, -0.25) is 4.79 Å². The molecule has 1 fully saturated rings. The van der Waals surface area contributed by atoms with Crippen LogP contribution in [0.25, 0.3) is 0 Å². The zero-order valence-electron chi connectivity index (χ0n) is 8.76. The second kappa shape index (κ2) is 6.12. The van der Waals surface area contributed by atoms with E-state index in [1.807, 2.05) is 0 Å². The van der Waals surface area contributed by atoms with E-state index in [1.54, 1.807) is 0 Å². The molecule has 0 radical (unpaired) electrons. The summed E-state index contributed by atoms with van der Waals surface area (Å²) in [5, 5.41) is 6.60. The number of amides is 1. The number of nitrogens with one attached hydrogen (secondary N) is 1. The van der Waals surface area contributed by atoms with E-state index in [0.29, 0.717) is 4.88 Å². The normalized spacial score (nSPS) is 24.6. The first-order chi connectivity index (χ1) is 7.25. The summed E-state index contributed by atoms with van der Waals surface area (Å²) in [7, 11) is 0. The second-order valence-corrected chi connectivity index (χ2v) is 4.66. The van der Waals surface area contributed by atoms with Crippen molar-refractivity contribution in [3.8, 4) is 0 Å². The molecule has 0 spiro atoms. The molecule has 0 saturated heterocycles. The molecule has 0 aromatic carbocycles. The van der Waals surface area contributed by atoms with Gasteiger partial charge in [-0.25, -0.2) is 0 Å². The van der Waals surface area contributed by atoms with Crippen molar-refractivity contribution < 1.29 is 4.79 Å². The highest BCUT2D eigenvalue weighted by atomic mass is 35.5. The highest BCUT2D eigenvalue weighted by molar-refractivity contribution is 7.07. The lowest BCUT2D eigenvalue weighted by molar-refractivity contribution is 0.0929. The van der Waals surface area contributed by atoms with Crippen molar-refractivity contribution in [3.05, 3.63) is 11.1 Å². The van der Waals surface area contributed by atoms with Crippen LogP contribution < -0.4 is 11.1 Å². The summed E-state index contributed by atoms with van der Waals surface area (Å²) < 4.78 is 3.66. The van der Waals surface area contributed by atoms with Gasteiger partial charge in [-0.1, -0.05) is 4.49 Å². The smallest absolute Gasteiger partial charge is 0.264 e. The summed E-state index contributed by atoms with van der Waals surface area (Å²) in [5.41, 5.74) is 5.85. The fourth-order valence-electron chi connectivity index (χ4n) is 1.88. The van der Waals surface area contributed by atoms with Gasteiger partial charge in [0.1, 0.15) is 4.88 Å². The summed E-state index contributed by atoms with van der Waals surface area (Å²) in [6.45, 7) is 0. The first-order valence-corrected chi connectivity index (χ1v) is 5.87. The number of carbonyl (C=O) groups excluding carboxylic acids is 1. The van der Waals surface area contributed by atoms with Crippen molar-refractivity contribution in [1.82, 2.24) is 14.9 Å². The molecular formula is C9H15ClN4OS. The van der Waals surface area contributed by atoms with Gasteiger partial charge < -0.3 is 11.1 Å². The van der Waals surface area contributed by atoms with E-state index in [9.17, 15) is 4.79 Å². The molecule has 2 unspecified atom stereocenters. The fourth-order valence-corrected chi connectivity index (χ4v) is 2.30. The van der Waals surface area contributed by atoms with Crippen LogP contribution >= 0.6 is 23.9 Å². The lowest BCUT2D eigenvalue weighted by Gasteiger charge is -2.26. The highest BCUT2D eigenvalue weighted by Gasteiger charge is 2.21. The third-order valence-corrected chi connectivity index (χ3v) is 3.30. The van der Waals surface area contributed by atoms with Gasteiger partial charge in [0.15, 0.2) is 0 Å². The third kappa shape index (κ3) is 3.40. The van der Waals surface area contributed by atoms with E-state index in [4.69, 9.17) is 5.73 Å². The van der Waals surface area contributed by atoms with E-state index in [1.165, 1.54) is 6.20 Å². The zero-order valence-corrected chi connectivity index (χ0v) is 10.4. The van der Waals surface area contributed by atoms with Gasteiger partial charge >= 0.3 is 0 Å². The maximum atomic E-state index is 11.7. The largest absolute Gasteiger partial charge is 0.348 e. The number of aromatic nitrogens is 2. The summed E-state index contributed by atoms with van der Waals surface area (Å²) in [6, 6.07) is 0.437. The minimum Gasteiger partial charge on any atom is -0.348 e. The molecule has 2 rings (SSSR count). The number of nitrogens with zero attached hydrogens (tertiary/aromatic N) is 2. The minimum atomic E-state index is -0.0795. The Labute approximate surface area is 104 Å². The molecule has 16 heavy (non-hydrogen) atoms. The molecule has 1 aliphatic rings. The Kier molecular flexibility index (Phi) is 5.11. The van der Waals surface area contributed by atoms with Crippen LogP contribution in [0.15, 0.2) is 6.20 Å². The Morgan fingerprint density at radius 2 is 2.38 bits per heavy atom. The number of rotatable bonds is 2. The van der Waals surface area contributed by atoms with Crippen LogP contribution in [0.2, 0.25) is 0 Å². The fraction of sp³-hybridized carbons (Fsp3) is 0.667. The van der Waals surface area contributed by atoms with Crippen LogP contribution in [-0.2, 0) is 0 Å². The molecule has 1 aliphatic carbocycles. The molecule has 0 aliphatic heterocycles. The Bertz CT molecular complexity index is 332. The molecule has 1 saturated carbocycles. The topological polar surface area (TPSA) is 80.9 Å². The van der Waals surface area contributed by atoms with Gasteiger partial charge in [0.25, 0.3) is 5.91 Å². The summed E-state index contributed by atoms with van der Waals surface area (Å²) >= 11 is 1.12. The van der Waals surface area contributed by atoms with Gasteiger partial charge in [-0.05, 0) is 37.2 Å². The van der Waals surface area contributed by atoms with Crippen molar-refractivity contribution in [2.45, 2.75) is 37.8 Å². The molecule has 1 heterocycles. The average molecular weight is 263 g/mol. The molecule has 2 atom stereocenters. The van der Waals surface area contributed by atoms with Crippen LogP contribution in [0.5, 0.6) is 0 Å². The predicted octanol–water partition coefficient (Wildman–Crippen LogP) is 0.960. The van der Waals surface area contributed by atoms with Crippen LogP contribution in [0, 0.1) is 0 Å². The molecule has 7 heteroatoms. The molecule has 0 bridgehead atoms. The number of nitrogens with two attached hydrogens (primary N) is 1. The molecule has 5 nitrogen and oxygen atoms in total. The first-order valence-electron chi connectivity index (χ1n) is 5.09. The van der Waals surface area contributed by atoms with Crippen molar-refractivity contribution >= 4 is 29.8 Å². The van der Waals surface area contributed by atoms with E-state index in [-0.39, 0.29) is 30.4 Å². The predicted molar refractivity (Wildman–Crippen MR) is 64.9 cm³/mol. The zero-order chi connectivity index (χ0) is 10.7. The number of hydrogen-bond donors (Lipinski definition) is 2. The molecular weight excluding hydrogens is 248 g/mol. The molecule has 3 N–H and O–H groups in total. The standard InChI is InChI=1S/C9H14N4OS.ClH/c10-6-2-1-3-7(4-6)12-9(14)8-5-11-13-15-8;/h5-7H,1-4,10H2,(H,12,14);1H. The van der Waals surface area contributed by atoms with Gasteiger partial charge in [-0.15, -0.1) is 17.5 Å². The second-order valence-electron chi connectivity index (χ2n) is 3.88. The number of halogens is 1. The van der Waals surface area contributed by atoms with Crippen LogP contribution in [-0.4, -0.2) is 27.6 Å². The van der Waals surface area contributed by atoms with Gasteiger partial charge in [-0.2, -0.15) is 0 Å². The monoisotopic (exact) mass is 262 g/mol. The SMILES string of the molecule is Cl.NC1CCCC(NC(=O)c2cnns2)C1. The van der Waals surface area contributed by atoms with Gasteiger partial charge in [0.05, 0.1) is 6.20 Å². The summed E-state index contributed by atoms with van der Waals surface area (Å²) in [4.78, 5) is 12.2. The highest BCUT2D eigenvalue weighted by Crippen LogP contribution is 2.17. The molecule has 90 valence electrons. The number of hydrogen-bond acceptors (Lipinski definition) is 5. The molecule has 1 aromatic heterocycles. The van der Waals surface area contributed by atoms with Gasteiger partial charge in [0.2, 0.25) is 0 Å². The van der Waals surface area contributed by atoms with E-state index >= 15 is 0 Å². The molecule has 1 aromatic rings. The minimum absolute atomic E-state index is 0. The maximum absolute atomic E-state index is 11.7. The Hall–Kier alpha value is -0.720. The first kappa shape index (κ1) is 13.3. The van der Waals surface area contributed by atoms with E-state index < -0.39 is 0 Å². The van der Waals surface area contributed by atoms with Crippen LogP contribution in [0.1, 0.15) is 35.4 Å². The Morgan fingerprint density at radius 1 is 1.56 bits per heavy atom. The molecule has 1 amide bonds. The summed E-state index contributed by atoms with van der Waals surface area (Å²) in [5.74, 6) is -0.0795. The van der Waals surface area contributed by atoms with Crippen molar-refractivity contribution in [3.63, 3.8) is 0 Å². The Balaban J connectivity index is 0.00000128. The lowest BCUT2D eigenvalue weighted by atomic mass is 9.91. The van der Waals surface area contributed by atoms with Crippen molar-refractivity contribution in [2.24, 2.45) is 5.73 Å². The quantitative estimate of drug-likeness (QED) is 0.832. The average Bonchev–Trinajstić information content (AvgIpc) is 2.70.